The molecule has 0 aliphatic carbocycles. The molecule has 4 heteroatoms. The van der Waals surface area contributed by atoms with Crippen molar-refractivity contribution < 1.29 is 14.3 Å². The van der Waals surface area contributed by atoms with E-state index in [9.17, 15) is 4.79 Å². The number of hydrogen-bond donors (Lipinski definition) is 0. The number of carbonyl (C=O) groups excluding carboxylic acids is 1. The fourth-order valence-electron chi connectivity index (χ4n) is 1.89. The van der Waals surface area contributed by atoms with E-state index in [4.69, 9.17) is 9.47 Å². The summed E-state index contributed by atoms with van der Waals surface area (Å²) in [6, 6.07) is 7.65. The van der Waals surface area contributed by atoms with Gasteiger partial charge in [0.05, 0.1) is 7.11 Å². The minimum atomic E-state index is -0.497. The van der Waals surface area contributed by atoms with Crippen molar-refractivity contribution in [1.29, 1.82) is 0 Å². The van der Waals surface area contributed by atoms with Crippen LogP contribution in [0.5, 0.6) is 5.75 Å². The molecule has 1 aliphatic rings. The monoisotopic (exact) mass is 284 g/mol. The van der Waals surface area contributed by atoms with Crippen LogP contribution >= 0.6 is 15.9 Å². The van der Waals surface area contributed by atoms with Gasteiger partial charge in [-0.3, -0.25) is 4.79 Å². The summed E-state index contributed by atoms with van der Waals surface area (Å²) in [5.74, 6) is 0.674. The van der Waals surface area contributed by atoms with Crippen molar-refractivity contribution in [3.8, 4) is 5.75 Å². The SMILES string of the molecule is COc1ccc([C@@]2(CBr)CCC(=O)O2)cc1. The number of methoxy groups -OCH3 is 1. The summed E-state index contributed by atoms with van der Waals surface area (Å²) < 4.78 is 10.5. The highest BCUT2D eigenvalue weighted by molar-refractivity contribution is 9.09. The van der Waals surface area contributed by atoms with E-state index >= 15 is 0 Å². The molecule has 3 nitrogen and oxygen atoms in total. The van der Waals surface area contributed by atoms with E-state index in [0.717, 1.165) is 17.7 Å². The minimum absolute atomic E-state index is 0.129. The molecular formula is C12H13BrO3. The zero-order valence-corrected chi connectivity index (χ0v) is 10.6. The van der Waals surface area contributed by atoms with Crippen LogP contribution in [0, 0.1) is 0 Å². The van der Waals surface area contributed by atoms with E-state index in [1.54, 1.807) is 7.11 Å². The van der Waals surface area contributed by atoms with Gasteiger partial charge in [-0.15, -0.1) is 0 Å². The van der Waals surface area contributed by atoms with Crippen molar-refractivity contribution in [2.24, 2.45) is 0 Å². The Morgan fingerprint density at radius 2 is 2.12 bits per heavy atom. The molecule has 0 bridgehead atoms. The van der Waals surface area contributed by atoms with E-state index in [1.807, 2.05) is 24.3 Å². The second kappa shape index (κ2) is 4.45. The molecule has 1 atom stereocenters. The summed E-state index contributed by atoms with van der Waals surface area (Å²) in [4.78, 5) is 11.2. The third-order valence-corrected chi connectivity index (χ3v) is 3.78. The maximum absolute atomic E-state index is 11.2. The standard InChI is InChI=1S/C12H13BrO3/c1-15-10-4-2-9(3-5-10)12(8-13)7-6-11(14)16-12/h2-5H,6-8H2,1H3/t12-/m0/s1. The summed E-state index contributed by atoms with van der Waals surface area (Å²) in [5, 5.41) is 0.623. The number of esters is 1. The van der Waals surface area contributed by atoms with Crippen molar-refractivity contribution >= 4 is 21.9 Å². The van der Waals surface area contributed by atoms with Crippen LogP contribution in [0.4, 0.5) is 0 Å². The van der Waals surface area contributed by atoms with Crippen molar-refractivity contribution in [1.82, 2.24) is 0 Å². The molecule has 0 amide bonds. The summed E-state index contributed by atoms with van der Waals surface area (Å²) in [6.45, 7) is 0. The number of halogens is 1. The average Bonchev–Trinajstić information content (AvgIpc) is 2.72. The van der Waals surface area contributed by atoms with Gasteiger partial charge in [0.1, 0.15) is 11.4 Å². The Bertz CT molecular complexity index is 388. The lowest BCUT2D eigenvalue weighted by Crippen LogP contribution is -2.27. The van der Waals surface area contributed by atoms with Crippen LogP contribution < -0.4 is 4.74 Å². The minimum Gasteiger partial charge on any atom is -0.497 e. The summed E-state index contributed by atoms with van der Waals surface area (Å²) in [6.07, 6.45) is 1.21. The molecule has 2 rings (SSSR count). The van der Waals surface area contributed by atoms with Crippen LogP contribution in [-0.4, -0.2) is 18.4 Å². The number of carbonyl (C=O) groups is 1. The van der Waals surface area contributed by atoms with Crippen LogP contribution in [0.3, 0.4) is 0 Å². The van der Waals surface area contributed by atoms with Gasteiger partial charge in [-0.1, -0.05) is 28.1 Å². The maximum Gasteiger partial charge on any atom is 0.306 e. The normalized spacial score (nSPS) is 24.2. The lowest BCUT2D eigenvalue weighted by atomic mass is 9.93. The third kappa shape index (κ3) is 1.94. The Balaban J connectivity index is 2.30. The predicted octanol–water partition coefficient (Wildman–Crippen LogP) is 2.62. The van der Waals surface area contributed by atoms with Gasteiger partial charge in [0.25, 0.3) is 0 Å². The van der Waals surface area contributed by atoms with E-state index in [2.05, 4.69) is 15.9 Å². The van der Waals surface area contributed by atoms with E-state index in [1.165, 1.54) is 0 Å². The van der Waals surface area contributed by atoms with Crippen molar-refractivity contribution in [3.63, 3.8) is 0 Å². The summed E-state index contributed by atoms with van der Waals surface area (Å²) in [5.41, 5.74) is 0.514. The highest BCUT2D eigenvalue weighted by Crippen LogP contribution is 2.38. The Morgan fingerprint density at radius 3 is 2.56 bits per heavy atom. The van der Waals surface area contributed by atoms with E-state index in [0.29, 0.717) is 11.8 Å². The number of cyclic esters (lactones) is 1. The Hall–Kier alpha value is -1.03. The largest absolute Gasteiger partial charge is 0.497 e. The highest BCUT2D eigenvalue weighted by atomic mass is 79.9. The first kappa shape index (κ1) is 11.5. The fraction of sp³-hybridized carbons (Fsp3) is 0.417. The molecule has 0 unspecified atom stereocenters. The number of alkyl halides is 1. The van der Waals surface area contributed by atoms with Crippen LogP contribution in [-0.2, 0) is 15.1 Å². The van der Waals surface area contributed by atoms with Crippen molar-refractivity contribution in [2.75, 3.05) is 12.4 Å². The number of rotatable bonds is 3. The molecule has 1 aromatic rings. The summed E-state index contributed by atoms with van der Waals surface area (Å²) >= 11 is 3.42. The first-order chi connectivity index (χ1) is 7.70. The topological polar surface area (TPSA) is 35.5 Å². The second-order valence-electron chi connectivity index (χ2n) is 3.83. The quantitative estimate of drug-likeness (QED) is 0.632. The van der Waals surface area contributed by atoms with E-state index < -0.39 is 5.60 Å². The highest BCUT2D eigenvalue weighted by Gasteiger charge is 2.41. The molecule has 0 radical (unpaired) electrons. The zero-order valence-electron chi connectivity index (χ0n) is 9.03. The van der Waals surface area contributed by atoms with Gasteiger partial charge in [0, 0.05) is 18.2 Å². The number of benzene rings is 1. The van der Waals surface area contributed by atoms with Gasteiger partial charge in [0.2, 0.25) is 0 Å². The maximum atomic E-state index is 11.2. The molecule has 1 aliphatic heterocycles. The smallest absolute Gasteiger partial charge is 0.306 e. The molecule has 0 aromatic heterocycles. The zero-order chi connectivity index (χ0) is 11.6. The molecule has 1 aromatic carbocycles. The van der Waals surface area contributed by atoms with Gasteiger partial charge in [-0.05, 0) is 17.7 Å². The number of hydrogen-bond acceptors (Lipinski definition) is 3. The Kier molecular flexibility index (Phi) is 3.19. The van der Waals surface area contributed by atoms with Crippen LogP contribution in [0.2, 0.25) is 0 Å². The molecular weight excluding hydrogens is 272 g/mol. The third-order valence-electron chi connectivity index (χ3n) is 2.87. The lowest BCUT2D eigenvalue weighted by molar-refractivity contribution is -0.147. The molecule has 1 saturated heterocycles. The summed E-state index contributed by atoms with van der Waals surface area (Å²) in [7, 11) is 1.63. The fourth-order valence-corrected chi connectivity index (χ4v) is 2.61. The molecule has 0 N–H and O–H groups in total. The Labute approximate surface area is 103 Å². The van der Waals surface area contributed by atoms with Crippen LogP contribution in [0.25, 0.3) is 0 Å². The lowest BCUT2D eigenvalue weighted by Gasteiger charge is -2.25. The van der Waals surface area contributed by atoms with E-state index in [-0.39, 0.29) is 5.97 Å². The first-order valence-electron chi connectivity index (χ1n) is 5.12. The van der Waals surface area contributed by atoms with Crippen molar-refractivity contribution in [3.05, 3.63) is 29.8 Å². The van der Waals surface area contributed by atoms with Crippen molar-refractivity contribution in [2.45, 2.75) is 18.4 Å². The van der Waals surface area contributed by atoms with Crippen LogP contribution in [0.1, 0.15) is 18.4 Å². The average molecular weight is 285 g/mol. The Morgan fingerprint density at radius 1 is 1.44 bits per heavy atom. The number of ether oxygens (including phenoxy) is 2. The van der Waals surface area contributed by atoms with Crippen LogP contribution in [0.15, 0.2) is 24.3 Å². The molecule has 16 heavy (non-hydrogen) atoms. The molecule has 0 saturated carbocycles. The van der Waals surface area contributed by atoms with Gasteiger partial charge in [-0.2, -0.15) is 0 Å². The molecule has 86 valence electrons. The molecule has 1 fully saturated rings. The first-order valence-corrected chi connectivity index (χ1v) is 6.25. The predicted molar refractivity (Wildman–Crippen MR) is 63.8 cm³/mol. The molecule has 1 heterocycles. The van der Waals surface area contributed by atoms with Gasteiger partial charge >= 0.3 is 5.97 Å². The van der Waals surface area contributed by atoms with Gasteiger partial charge in [0.15, 0.2) is 0 Å². The second-order valence-corrected chi connectivity index (χ2v) is 4.39. The van der Waals surface area contributed by atoms with Gasteiger partial charge < -0.3 is 9.47 Å². The molecule has 0 spiro atoms. The van der Waals surface area contributed by atoms with Gasteiger partial charge in [-0.25, -0.2) is 0 Å².